The summed E-state index contributed by atoms with van der Waals surface area (Å²) in [5, 5.41) is 14.7. The van der Waals surface area contributed by atoms with Crippen molar-refractivity contribution in [2.24, 2.45) is 0 Å². The average molecular weight is 268 g/mol. The second kappa shape index (κ2) is 6.40. The third kappa shape index (κ3) is 3.28. The van der Waals surface area contributed by atoms with Crippen molar-refractivity contribution in [1.82, 2.24) is 5.32 Å². The van der Waals surface area contributed by atoms with Gasteiger partial charge in [0.05, 0.1) is 12.7 Å². The van der Waals surface area contributed by atoms with Crippen LogP contribution in [0.5, 0.6) is 5.75 Å². The van der Waals surface area contributed by atoms with Gasteiger partial charge < -0.3 is 4.74 Å². The fourth-order valence-corrected chi connectivity index (χ4v) is 2.26. The summed E-state index contributed by atoms with van der Waals surface area (Å²) in [5.74, 6) is 0.875. The molecule has 1 unspecified atom stereocenters. The van der Waals surface area contributed by atoms with Crippen molar-refractivity contribution in [2.45, 2.75) is 25.8 Å². The van der Waals surface area contributed by atoms with Gasteiger partial charge >= 0.3 is 0 Å². The highest BCUT2D eigenvalue weighted by molar-refractivity contribution is 5.88. The molecule has 20 heavy (non-hydrogen) atoms. The third-order valence-electron chi connectivity index (χ3n) is 3.42. The van der Waals surface area contributed by atoms with Gasteiger partial charge in [0.2, 0.25) is 0 Å². The zero-order chi connectivity index (χ0) is 14.4. The second-order valence-corrected chi connectivity index (χ2v) is 5.05. The van der Waals surface area contributed by atoms with Gasteiger partial charge in [-0.15, -0.1) is 0 Å². The number of rotatable bonds is 6. The van der Waals surface area contributed by atoms with E-state index in [2.05, 4.69) is 29.6 Å². The molecule has 0 bridgehead atoms. The van der Waals surface area contributed by atoms with E-state index in [1.807, 2.05) is 38.1 Å². The lowest BCUT2D eigenvalue weighted by molar-refractivity contribution is 0.271. The fourth-order valence-electron chi connectivity index (χ4n) is 2.26. The van der Waals surface area contributed by atoms with Crippen molar-refractivity contribution < 1.29 is 4.74 Å². The largest absolute Gasteiger partial charge is 0.493 e. The number of hydrogen-bond donors (Lipinski definition) is 1. The Morgan fingerprint density at radius 3 is 2.70 bits per heavy atom. The molecule has 0 aromatic heterocycles. The molecule has 0 fully saturated rings. The maximum absolute atomic E-state index is 9.22. The SMILES string of the molecule is CCNC(C)(C#N)CCOc1cccc2ccccc12. The van der Waals surface area contributed by atoms with Gasteiger partial charge in [0, 0.05) is 11.8 Å². The molecule has 0 amide bonds. The Balaban J connectivity index is 2.05. The first-order valence-electron chi connectivity index (χ1n) is 6.95. The number of ether oxygens (including phenoxy) is 1. The zero-order valence-corrected chi connectivity index (χ0v) is 12.0. The lowest BCUT2D eigenvalue weighted by atomic mass is 10.0. The van der Waals surface area contributed by atoms with Crippen molar-refractivity contribution in [3.63, 3.8) is 0 Å². The van der Waals surface area contributed by atoms with Crippen molar-refractivity contribution in [1.29, 1.82) is 5.26 Å². The highest BCUT2D eigenvalue weighted by atomic mass is 16.5. The Morgan fingerprint density at radius 2 is 1.95 bits per heavy atom. The maximum atomic E-state index is 9.22. The van der Waals surface area contributed by atoms with Crippen LogP contribution in [0.2, 0.25) is 0 Å². The van der Waals surface area contributed by atoms with Crippen molar-refractivity contribution in [3.8, 4) is 11.8 Å². The predicted molar refractivity (Wildman–Crippen MR) is 81.8 cm³/mol. The molecule has 0 aliphatic heterocycles. The van der Waals surface area contributed by atoms with E-state index in [0.29, 0.717) is 13.0 Å². The molecule has 2 rings (SSSR count). The summed E-state index contributed by atoms with van der Waals surface area (Å²) in [7, 11) is 0. The standard InChI is InChI=1S/C17H20N2O/c1-3-19-17(2,13-18)11-12-20-16-10-6-8-14-7-4-5-9-15(14)16/h4-10,19H,3,11-12H2,1-2H3. The Bertz CT molecular complexity index is 612. The molecular formula is C17H20N2O. The molecule has 0 saturated carbocycles. The smallest absolute Gasteiger partial charge is 0.127 e. The quantitative estimate of drug-likeness (QED) is 0.872. The molecule has 104 valence electrons. The van der Waals surface area contributed by atoms with Crippen LogP contribution in [0.15, 0.2) is 42.5 Å². The molecule has 1 atom stereocenters. The van der Waals surface area contributed by atoms with Crippen LogP contribution in [0.1, 0.15) is 20.3 Å². The summed E-state index contributed by atoms with van der Waals surface area (Å²) in [6.45, 7) is 5.20. The van der Waals surface area contributed by atoms with E-state index >= 15 is 0 Å². The van der Waals surface area contributed by atoms with Gasteiger partial charge in [-0.2, -0.15) is 5.26 Å². The Kier molecular flexibility index (Phi) is 4.60. The molecular weight excluding hydrogens is 248 g/mol. The van der Waals surface area contributed by atoms with E-state index in [1.165, 1.54) is 5.39 Å². The topological polar surface area (TPSA) is 45.0 Å². The minimum atomic E-state index is -0.528. The van der Waals surface area contributed by atoms with E-state index in [1.54, 1.807) is 0 Å². The minimum Gasteiger partial charge on any atom is -0.493 e. The van der Waals surface area contributed by atoms with Crippen LogP contribution in [-0.4, -0.2) is 18.7 Å². The summed E-state index contributed by atoms with van der Waals surface area (Å²) < 4.78 is 5.87. The Hall–Kier alpha value is -2.05. The van der Waals surface area contributed by atoms with Crippen LogP contribution in [0.25, 0.3) is 10.8 Å². The summed E-state index contributed by atoms with van der Waals surface area (Å²) in [6, 6.07) is 16.5. The minimum absolute atomic E-state index is 0.519. The van der Waals surface area contributed by atoms with Gasteiger partial charge in [-0.05, 0) is 24.9 Å². The molecule has 0 radical (unpaired) electrons. The van der Waals surface area contributed by atoms with Crippen LogP contribution in [0.4, 0.5) is 0 Å². The lowest BCUT2D eigenvalue weighted by Gasteiger charge is -2.22. The zero-order valence-electron chi connectivity index (χ0n) is 12.0. The molecule has 0 aliphatic carbocycles. The van der Waals surface area contributed by atoms with Crippen LogP contribution >= 0.6 is 0 Å². The number of fused-ring (bicyclic) bond motifs is 1. The Morgan fingerprint density at radius 1 is 1.20 bits per heavy atom. The first-order valence-corrected chi connectivity index (χ1v) is 6.95. The van der Waals surface area contributed by atoms with E-state index in [0.717, 1.165) is 17.7 Å². The third-order valence-corrected chi connectivity index (χ3v) is 3.42. The van der Waals surface area contributed by atoms with Gasteiger partial charge in [-0.1, -0.05) is 43.3 Å². The summed E-state index contributed by atoms with van der Waals surface area (Å²) in [5.41, 5.74) is -0.528. The van der Waals surface area contributed by atoms with Crippen molar-refractivity contribution in [2.75, 3.05) is 13.2 Å². The molecule has 0 heterocycles. The van der Waals surface area contributed by atoms with E-state index in [9.17, 15) is 5.26 Å². The van der Waals surface area contributed by atoms with Gasteiger partial charge in [-0.3, -0.25) is 5.32 Å². The Labute approximate surface area is 120 Å². The molecule has 0 aliphatic rings. The second-order valence-electron chi connectivity index (χ2n) is 5.05. The molecule has 2 aromatic rings. The monoisotopic (exact) mass is 268 g/mol. The number of hydrogen-bond acceptors (Lipinski definition) is 3. The first kappa shape index (κ1) is 14.4. The highest BCUT2D eigenvalue weighted by Gasteiger charge is 2.22. The van der Waals surface area contributed by atoms with Crippen molar-refractivity contribution in [3.05, 3.63) is 42.5 Å². The van der Waals surface area contributed by atoms with E-state index in [4.69, 9.17) is 4.74 Å². The number of nitrogens with one attached hydrogen (secondary N) is 1. The lowest BCUT2D eigenvalue weighted by Crippen LogP contribution is -2.42. The number of nitrogens with zero attached hydrogens (tertiary/aromatic N) is 1. The summed E-state index contributed by atoms with van der Waals surface area (Å²) in [4.78, 5) is 0. The van der Waals surface area contributed by atoms with Crippen LogP contribution < -0.4 is 10.1 Å². The summed E-state index contributed by atoms with van der Waals surface area (Å²) in [6.07, 6.45) is 0.653. The van der Waals surface area contributed by atoms with E-state index in [-0.39, 0.29) is 0 Å². The van der Waals surface area contributed by atoms with Gasteiger partial charge in [0.1, 0.15) is 11.3 Å². The van der Waals surface area contributed by atoms with Gasteiger partial charge in [-0.25, -0.2) is 0 Å². The van der Waals surface area contributed by atoms with Gasteiger partial charge in [0.15, 0.2) is 0 Å². The molecule has 3 nitrogen and oxygen atoms in total. The van der Waals surface area contributed by atoms with Crippen LogP contribution in [0, 0.1) is 11.3 Å². The molecule has 2 aromatic carbocycles. The molecule has 3 heteroatoms. The van der Waals surface area contributed by atoms with Crippen LogP contribution in [0.3, 0.4) is 0 Å². The maximum Gasteiger partial charge on any atom is 0.127 e. The predicted octanol–water partition coefficient (Wildman–Crippen LogP) is 3.50. The fraction of sp³-hybridized carbons (Fsp3) is 0.353. The highest BCUT2D eigenvalue weighted by Crippen LogP contribution is 2.25. The van der Waals surface area contributed by atoms with Crippen molar-refractivity contribution >= 4 is 10.8 Å². The summed E-state index contributed by atoms with van der Waals surface area (Å²) >= 11 is 0. The number of benzene rings is 2. The van der Waals surface area contributed by atoms with Gasteiger partial charge in [0.25, 0.3) is 0 Å². The normalized spacial score (nSPS) is 13.7. The van der Waals surface area contributed by atoms with Crippen LogP contribution in [-0.2, 0) is 0 Å². The first-order chi connectivity index (χ1) is 9.68. The number of nitriles is 1. The van der Waals surface area contributed by atoms with E-state index < -0.39 is 5.54 Å². The molecule has 1 N–H and O–H groups in total. The molecule has 0 saturated heterocycles. The average Bonchev–Trinajstić information content (AvgIpc) is 2.48. The molecule has 0 spiro atoms.